The van der Waals surface area contributed by atoms with Crippen molar-refractivity contribution in [3.63, 3.8) is 0 Å². The third-order valence-electron chi connectivity index (χ3n) is 5.24. The summed E-state index contributed by atoms with van der Waals surface area (Å²) in [6.07, 6.45) is 0. The minimum Gasteiger partial charge on any atom is -0.485 e. The Labute approximate surface area is 166 Å². The van der Waals surface area contributed by atoms with E-state index in [0.717, 1.165) is 48.8 Å². The number of likely N-dealkylation sites (N-methyl/N-ethyl adjacent to an activating group) is 1. The molecular weight excluding hydrogens is 358 g/mol. The number of ether oxygens (including phenoxy) is 1. The molecule has 0 spiro atoms. The lowest BCUT2D eigenvalue weighted by Gasteiger charge is -2.19. The number of hydrogen-bond acceptors (Lipinski definition) is 3. The molecule has 0 amide bonds. The maximum Gasteiger partial charge on any atom is 0.148 e. The van der Waals surface area contributed by atoms with Gasteiger partial charge in [-0.1, -0.05) is 37.6 Å². The van der Waals surface area contributed by atoms with Crippen LogP contribution in [0.5, 0.6) is 5.75 Å². The molecule has 0 bridgehead atoms. The van der Waals surface area contributed by atoms with Gasteiger partial charge in [0.15, 0.2) is 0 Å². The van der Waals surface area contributed by atoms with E-state index in [1.807, 2.05) is 30.3 Å². The van der Waals surface area contributed by atoms with Crippen LogP contribution in [0.3, 0.4) is 0 Å². The van der Waals surface area contributed by atoms with Gasteiger partial charge < -0.3 is 14.2 Å². The van der Waals surface area contributed by atoms with E-state index in [1.54, 1.807) is 0 Å². The molecule has 3 rings (SSSR count). The molecule has 5 heteroatoms. The Morgan fingerprint density at radius 1 is 1.11 bits per heavy atom. The lowest BCUT2D eigenvalue weighted by atomic mass is 10.1. The number of fused-ring (bicyclic) bond motifs is 1. The van der Waals surface area contributed by atoms with Crippen molar-refractivity contribution in [2.24, 2.45) is 0 Å². The van der Waals surface area contributed by atoms with Crippen LogP contribution in [0.1, 0.15) is 30.8 Å². The molecule has 0 unspecified atom stereocenters. The normalized spacial score (nSPS) is 11.5. The van der Waals surface area contributed by atoms with Crippen molar-refractivity contribution in [3.05, 3.63) is 58.4 Å². The molecule has 1 heterocycles. The van der Waals surface area contributed by atoms with Crippen molar-refractivity contribution in [3.8, 4) is 5.75 Å². The van der Waals surface area contributed by atoms with E-state index in [9.17, 15) is 0 Å². The average Bonchev–Trinajstić information content (AvgIpc) is 3.00. The first-order valence-corrected chi connectivity index (χ1v) is 9.97. The van der Waals surface area contributed by atoms with Gasteiger partial charge in [0, 0.05) is 18.1 Å². The highest BCUT2D eigenvalue weighted by atomic mass is 35.5. The molecule has 3 aromatic rings. The lowest BCUT2D eigenvalue weighted by molar-refractivity contribution is 0.270. The third-order valence-corrected chi connectivity index (χ3v) is 5.47. The van der Waals surface area contributed by atoms with Gasteiger partial charge in [0.05, 0.1) is 11.0 Å². The van der Waals surface area contributed by atoms with E-state index >= 15 is 0 Å². The Morgan fingerprint density at radius 2 is 1.89 bits per heavy atom. The Morgan fingerprint density at radius 3 is 2.63 bits per heavy atom. The number of aromatic nitrogens is 2. The van der Waals surface area contributed by atoms with Gasteiger partial charge in [0.1, 0.15) is 18.2 Å². The highest BCUT2D eigenvalue weighted by Crippen LogP contribution is 2.24. The van der Waals surface area contributed by atoms with Crippen LogP contribution in [0.4, 0.5) is 0 Å². The van der Waals surface area contributed by atoms with Gasteiger partial charge in [-0.3, -0.25) is 0 Å². The molecule has 27 heavy (non-hydrogen) atoms. The SMILES string of the molecule is CCN(CC)CCn1c(COc2cccc(C)c2C)nc2cc(Cl)ccc21. The summed E-state index contributed by atoms with van der Waals surface area (Å²) in [6, 6.07) is 12.0. The standard InChI is InChI=1S/C22H28ClN3O/c1-5-25(6-2)12-13-26-20-11-10-18(23)14-19(20)24-22(26)15-27-21-9-7-8-16(3)17(21)4/h7-11,14H,5-6,12-13,15H2,1-4H3. The van der Waals surface area contributed by atoms with Crippen LogP contribution < -0.4 is 4.74 Å². The molecular formula is C22H28ClN3O. The van der Waals surface area contributed by atoms with Crippen molar-refractivity contribution in [1.29, 1.82) is 0 Å². The van der Waals surface area contributed by atoms with Gasteiger partial charge in [-0.25, -0.2) is 4.98 Å². The number of aryl methyl sites for hydroxylation is 1. The second-order valence-corrected chi connectivity index (χ2v) is 7.26. The lowest BCUT2D eigenvalue weighted by Crippen LogP contribution is -2.27. The average molecular weight is 386 g/mol. The zero-order valence-electron chi connectivity index (χ0n) is 16.6. The summed E-state index contributed by atoms with van der Waals surface area (Å²) in [5.41, 5.74) is 4.42. The third kappa shape index (κ3) is 4.45. The first-order chi connectivity index (χ1) is 13.0. The van der Waals surface area contributed by atoms with E-state index in [-0.39, 0.29) is 0 Å². The predicted molar refractivity (Wildman–Crippen MR) is 113 cm³/mol. The summed E-state index contributed by atoms with van der Waals surface area (Å²) >= 11 is 6.18. The monoisotopic (exact) mass is 385 g/mol. The fraction of sp³-hybridized carbons (Fsp3) is 0.409. The minimum absolute atomic E-state index is 0.439. The van der Waals surface area contributed by atoms with E-state index in [4.69, 9.17) is 21.3 Å². The molecule has 2 aromatic carbocycles. The molecule has 0 saturated carbocycles. The van der Waals surface area contributed by atoms with E-state index < -0.39 is 0 Å². The van der Waals surface area contributed by atoms with Crippen LogP contribution in [-0.4, -0.2) is 34.1 Å². The number of imidazole rings is 1. The second kappa shape index (κ2) is 8.77. The highest BCUT2D eigenvalue weighted by Gasteiger charge is 2.13. The quantitative estimate of drug-likeness (QED) is 0.532. The summed E-state index contributed by atoms with van der Waals surface area (Å²) in [5.74, 6) is 1.84. The molecule has 0 aliphatic heterocycles. The van der Waals surface area contributed by atoms with Gasteiger partial charge in [0.25, 0.3) is 0 Å². The smallest absolute Gasteiger partial charge is 0.148 e. The molecule has 144 valence electrons. The summed E-state index contributed by atoms with van der Waals surface area (Å²) in [6.45, 7) is 13.0. The minimum atomic E-state index is 0.439. The molecule has 0 fully saturated rings. The molecule has 0 aliphatic carbocycles. The topological polar surface area (TPSA) is 30.3 Å². The van der Waals surface area contributed by atoms with E-state index in [2.05, 4.69) is 43.2 Å². The first-order valence-electron chi connectivity index (χ1n) is 9.59. The second-order valence-electron chi connectivity index (χ2n) is 6.83. The molecule has 0 N–H and O–H groups in total. The van der Waals surface area contributed by atoms with Gasteiger partial charge >= 0.3 is 0 Å². The maximum absolute atomic E-state index is 6.18. The van der Waals surface area contributed by atoms with Gasteiger partial charge in [-0.15, -0.1) is 0 Å². The number of nitrogens with zero attached hydrogens (tertiary/aromatic N) is 3. The fourth-order valence-corrected chi connectivity index (χ4v) is 3.48. The predicted octanol–water partition coefficient (Wildman–Crippen LogP) is 5.23. The van der Waals surface area contributed by atoms with Crippen molar-refractivity contribution in [2.75, 3.05) is 19.6 Å². The van der Waals surface area contributed by atoms with Crippen LogP contribution in [-0.2, 0) is 13.2 Å². The van der Waals surface area contributed by atoms with Crippen molar-refractivity contribution >= 4 is 22.6 Å². The molecule has 0 saturated heterocycles. The summed E-state index contributed by atoms with van der Waals surface area (Å²) in [5, 5.41) is 0.706. The molecule has 0 aliphatic rings. The number of rotatable bonds is 8. The van der Waals surface area contributed by atoms with Crippen molar-refractivity contribution < 1.29 is 4.74 Å². The van der Waals surface area contributed by atoms with Crippen LogP contribution in [0.2, 0.25) is 5.02 Å². The van der Waals surface area contributed by atoms with Gasteiger partial charge in [-0.05, 0) is 62.3 Å². The largest absolute Gasteiger partial charge is 0.485 e. The van der Waals surface area contributed by atoms with E-state index in [1.165, 1.54) is 11.1 Å². The van der Waals surface area contributed by atoms with Gasteiger partial charge in [-0.2, -0.15) is 0 Å². The summed E-state index contributed by atoms with van der Waals surface area (Å²) < 4.78 is 8.39. The Hall–Kier alpha value is -2.04. The Bertz CT molecular complexity index is 915. The number of halogens is 1. The molecule has 4 nitrogen and oxygen atoms in total. The van der Waals surface area contributed by atoms with Crippen molar-refractivity contribution in [2.45, 2.75) is 40.8 Å². The summed E-state index contributed by atoms with van der Waals surface area (Å²) in [7, 11) is 0. The fourth-order valence-electron chi connectivity index (χ4n) is 3.32. The molecule has 0 radical (unpaired) electrons. The first kappa shape index (κ1) is 19.7. The summed E-state index contributed by atoms with van der Waals surface area (Å²) in [4.78, 5) is 7.22. The molecule has 1 aromatic heterocycles. The van der Waals surface area contributed by atoms with Crippen LogP contribution in [0.15, 0.2) is 36.4 Å². The zero-order chi connectivity index (χ0) is 19.4. The maximum atomic E-state index is 6.18. The van der Waals surface area contributed by atoms with Crippen molar-refractivity contribution in [1.82, 2.24) is 14.5 Å². The molecule has 0 atom stereocenters. The Kier molecular flexibility index (Phi) is 6.40. The Balaban J connectivity index is 1.88. The zero-order valence-corrected chi connectivity index (χ0v) is 17.4. The van der Waals surface area contributed by atoms with Crippen LogP contribution in [0.25, 0.3) is 11.0 Å². The highest BCUT2D eigenvalue weighted by molar-refractivity contribution is 6.31. The number of benzene rings is 2. The van der Waals surface area contributed by atoms with Gasteiger partial charge in [0.2, 0.25) is 0 Å². The van der Waals surface area contributed by atoms with Crippen LogP contribution in [0, 0.1) is 13.8 Å². The van der Waals surface area contributed by atoms with Crippen LogP contribution >= 0.6 is 11.6 Å². The number of hydrogen-bond donors (Lipinski definition) is 0. The van der Waals surface area contributed by atoms with E-state index in [0.29, 0.717) is 11.6 Å².